The SMILES string of the molecule is c1ccc2cc3c(cc2c1)sc1ccc(-c2ccc4c(c2)oc2cc(-c5c6ccccc6c(-c6cccc7ccccc67)c6ccccc56)ccc24)cc13. The molecule has 0 saturated carbocycles. The number of rotatable bonds is 3. The van der Waals surface area contributed by atoms with Gasteiger partial charge in [-0.05, 0) is 125 Å². The molecule has 0 bridgehead atoms. The summed E-state index contributed by atoms with van der Waals surface area (Å²) < 4.78 is 9.37. The fourth-order valence-corrected chi connectivity index (χ4v) is 10.0. The van der Waals surface area contributed by atoms with Crippen LogP contribution in [0.15, 0.2) is 186 Å². The molecule has 12 rings (SSSR count). The summed E-state index contributed by atoms with van der Waals surface area (Å²) in [5.74, 6) is 0. The fraction of sp³-hybridized carbons (Fsp3) is 0. The largest absolute Gasteiger partial charge is 0.456 e. The molecule has 1 nitrogen and oxygen atoms in total. The van der Waals surface area contributed by atoms with E-state index in [9.17, 15) is 0 Å². The van der Waals surface area contributed by atoms with Crippen molar-refractivity contribution in [3.05, 3.63) is 182 Å². The molecule has 0 N–H and O–H groups in total. The summed E-state index contributed by atoms with van der Waals surface area (Å²) in [5.41, 5.74) is 9.08. The summed E-state index contributed by atoms with van der Waals surface area (Å²) in [6, 6.07) is 66.7. The zero-order chi connectivity index (χ0) is 35.3. The van der Waals surface area contributed by atoms with Crippen LogP contribution in [0.1, 0.15) is 0 Å². The van der Waals surface area contributed by atoms with Crippen LogP contribution in [0.4, 0.5) is 0 Å². The van der Waals surface area contributed by atoms with Gasteiger partial charge in [0.1, 0.15) is 11.2 Å². The lowest BCUT2D eigenvalue weighted by Crippen LogP contribution is -1.91. The minimum absolute atomic E-state index is 0.900. The van der Waals surface area contributed by atoms with Gasteiger partial charge in [0.05, 0.1) is 0 Å². The van der Waals surface area contributed by atoms with Gasteiger partial charge in [-0.1, -0.05) is 133 Å². The van der Waals surface area contributed by atoms with Crippen LogP contribution in [0.5, 0.6) is 0 Å². The van der Waals surface area contributed by atoms with Crippen LogP contribution < -0.4 is 0 Å². The van der Waals surface area contributed by atoms with E-state index in [4.69, 9.17) is 4.42 Å². The summed E-state index contributed by atoms with van der Waals surface area (Å²) in [6.07, 6.45) is 0. The Balaban J connectivity index is 1.02. The first-order chi connectivity index (χ1) is 26.7. The first-order valence-electron chi connectivity index (χ1n) is 18.5. The van der Waals surface area contributed by atoms with Crippen molar-refractivity contribution in [1.82, 2.24) is 0 Å². The highest BCUT2D eigenvalue weighted by molar-refractivity contribution is 7.25. The number of hydrogen-bond donors (Lipinski definition) is 0. The van der Waals surface area contributed by atoms with Gasteiger partial charge in [-0.2, -0.15) is 0 Å². The maximum atomic E-state index is 6.74. The molecule has 54 heavy (non-hydrogen) atoms. The van der Waals surface area contributed by atoms with Gasteiger partial charge in [-0.3, -0.25) is 0 Å². The molecule has 12 aromatic rings. The molecule has 0 fully saturated rings. The van der Waals surface area contributed by atoms with Gasteiger partial charge in [0, 0.05) is 30.9 Å². The second kappa shape index (κ2) is 11.4. The molecule has 0 atom stereocenters. The molecule has 0 saturated heterocycles. The van der Waals surface area contributed by atoms with E-state index in [-0.39, 0.29) is 0 Å². The fourth-order valence-electron chi connectivity index (χ4n) is 8.93. The molecule has 0 unspecified atom stereocenters. The molecule has 0 aliphatic rings. The Hall–Kier alpha value is -6.74. The normalized spacial score (nSPS) is 12.1. The van der Waals surface area contributed by atoms with E-state index in [1.165, 1.54) is 85.5 Å². The number of benzene rings is 10. The van der Waals surface area contributed by atoms with Gasteiger partial charge in [0.15, 0.2) is 0 Å². The van der Waals surface area contributed by atoms with Crippen LogP contribution in [0.2, 0.25) is 0 Å². The minimum atomic E-state index is 0.900. The second-order valence-corrected chi connectivity index (χ2v) is 15.5. The molecule has 10 aromatic carbocycles. The Labute approximate surface area is 314 Å². The van der Waals surface area contributed by atoms with Crippen LogP contribution >= 0.6 is 11.3 Å². The molecule has 0 aliphatic heterocycles. The lowest BCUT2D eigenvalue weighted by molar-refractivity contribution is 0.669. The number of furan rings is 1. The van der Waals surface area contributed by atoms with Crippen LogP contribution in [-0.2, 0) is 0 Å². The van der Waals surface area contributed by atoms with E-state index in [1.54, 1.807) is 0 Å². The maximum absolute atomic E-state index is 6.74. The second-order valence-electron chi connectivity index (χ2n) is 14.4. The summed E-state index contributed by atoms with van der Waals surface area (Å²) in [4.78, 5) is 0. The third-order valence-corrected chi connectivity index (χ3v) is 12.6. The van der Waals surface area contributed by atoms with E-state index in [0.717, 1.165) is 33.1 Å². The summed E-state index contributed by atoms with van der Waals surface area (Å²) in [6.45, 7) is 0. The summed E-state index contributed by atoms with van der Waals surface area (Å²) in [7, 11) is 0. The Morgan fingerprint density at radius 1 is 0.296 bits per heavy atom. The van der Waals surface area contributed by atoms with Crippen molar-refractivity contribution in [1.29, 1.82) is 0 Å². The molecule has 2 aromatic heterocycles. The van der Waals surface area contributed by atoms with E-state index in [1.807, 2.05) is 11.3 Å². The lowest BCUT2D eigenvalue weighted by Gasteiger charge is -2.18. The van der Waals surface area contributed by atoms with Crippen LogP contribution in [0.3, 0.4) is 0 Å². The smallest absolute Gasteiger partial charge is 0.136 e. The summed E-state index contributed by atoms with van der Waals surface area (Å²) >= 11 is 1.87. The zero-order valence-electron chi connectivity index (χ0n) is 29.1. The van der Waals surface area contributed by atoms with Crippen molar-refractivity contribution in [2.24, 2.45) is 0 Å². The van der Waals surface area contributed by atoms with Gasteiger partial charge in [0.25, 0.3) is 0 Å². The first-order valence-corrected chi connectivity index (χ1v) is 19.3. The van der Waals surface area contributed by atoms with Crippen LogP contribution in [0, 0.1) is 0 Å². The highest BCUT2D eigenvalue weighted by atomic mass is 32.1. The van der Waals surface area contributed by atoms with Crippen molar-refractivity contribution in [3.63, 3.8) is 0 Å². The van der Waals surface area contributed by atoms with Crippen LogP contribution in [-0.4, -0.2) is 0 Å². The third kappa shape index (κ3) is 4.38. The van der Waals surface area contributed by atoms with E-state index >= 15 is 0 Å². The van der Waals surface area contributed by atoms with E-state index < -0.39 is 0 Å². The zero-order valence-corrected chi connectivity index (χ0v) is 30.0. The third-order valence-electron chi connectivity index (χ3n) is 11.4. The van der Waals surface area contributed by atoms with Gasteiger partial charge in [-0.15, -0.1) is 11.3 Å². The molecule has 0 amide bonds. The molecule has 2 heterocycles. The first kappa shape index (κ1) is 29.8. The predicted molar refractivity (Wildman–Crippen MR) is 233 cm³/mol. The predicted octanol–water partition coefficient (Wildman–Crippen LogP) is 15.6. The van der Waals surface area contributed by atoms with E-state index in [0.29, 0.717) is 0 Å². The molecular formula is C52H30OS. The molecule has 2 heteroatoms. The quantitative estimate of drug-likeness (QED) is 0.167. The average Bonchev–Trinajstić information content (AvgIpc) is 3.78. The Morgan fingerprint density at radius 3 is 1.54 bits per heavy atom. The number of fused-ring (bicyclic) bond motifs is 10. The monoisotopic (exact) mass is 702 g/mol. The highest BCUT2D eigenvalue weighted by Crippen LogP contribution is 2.46. The number of thiophene rings is 1. The van der Waals surface area contributed by atoms with Gasteiger partial charge >= 0.3 is 0 Å². The van der Waals surface area contributed by atoms with Crippen molar-refractivity contribution in [2.45, 2.75) is 0 Å². The Kier molecular flexibility index (Phi) is 6.28. The molecule has 250 valence electrons. The Bertz CT molecular complexity index is 3450. The van der Waals surface area contributed by atoms with Crippen molar-refractivity contribution >= 4 is 96.5 Å². The maximum Gasteiger partial charge on any atom is 0.136 e. The van der Waals surface area contributed by atoms with Crippen molar-refractivity contribution < 1.29 is 4.42 Å². The standard InChI is InChI=1S/C52H30OS/c1-2-12-33-30-50-46(26-32(33)11-1)45-27-34(22-25-49(45)54-50)35-20-23-38-39-24-21-36(29-48(39)53-47(38)28-35)51-41-15-5-7-17-43(41)52(44-18-8-6-16-42(44)51)40-19-9-13-31-10-3-4-14-37(31)40/h1-30H. The minimum Gasteiger partial charge on any atom is -0.456 e. The van der Waals surface area contributed by atoms with Gasteiger partial charge < -0.3 is 4.42 Å². The van der Waals surface area contributed by atoms with Gasteiger partial charge in [0.2, 0.25) is 0 Å². The lowest BCUT2D eigenvalue weighted by atomic mass is 9.84. The average molecular weight is 703 g/mol. The van der Waals surface area contributed by atoms with Crippen molar-refractivity contribution in [2.75, 3.05) is 0 Å². The number of hydrogen-bond acceptors (Lipinski definition) is 2. The van der Waals surface area contributed by atoms with Crippen molar-refractivity contribution in [3.8, 4) is 33.4 Å². The van der Waals surface area contributed by atoms with E-state index in [2.05, 4.69) is 182 Å². The molecular weight excluding hydrogens is 673 g/mol. The molecule has 0 radical (unpaired) electrons. The van der Waals surface area contributed by atoms with Gasteiger partial charge in [-0.25, -0.2) is 0 Å². The summed E-state index contributed by atoms with van der Waals surface area (Å²) in [5, 5.41) is 14.9. The topological polar surface area (TPSA) is 13.1 Å². The van der Waals surface area contributed by atoms with Crippen LogP contribution in [0.25, 0.3) is 119 Å². The molecule has 0 aliphatic carbocycles. The highest BCUT2D eigenvalue weighted by Gasteiger charge is 2.19. The Morgan fingerprint density at radius 2 is 0.815 bits per heavy atom. The molecule has 0 spiro atoms.